The standard InChI is InChI=1S/C30H36BrN3O5/c1-30(2,3)27-18-21(34(29(36)37)19-20-7-9-25-26(17-20)39-16-15-38-25)11-12-32(27)13-14-33-24-6-4-5-23(31)22(24)8-10-28(33)35/h4-10,17,21,27H,11-16,18-19H2,1-3H3,(H,36,37). The molecule has 2 aromatic carbocycles. The number of amides is 1. The van der Waals surface area contributed by atoms with E-state index in [1.54, 1.807) is 11.0 Å². The Hall–Kier alpha value is -3.04. The number of benzene rings is 2. The summed E-state index contributed by atoms with van der Waals surface area (Å²) in [6.07, 6.45) is 0.555. The molecule has 1 aromatic heterocycles. The molecule has 1 saturated heterocycles. The highest BCUT2D eigenvalue weighted by molar-refractivity contribution is 9.10. The van der Waals surface area contributed by atoms with Gasteiger partial charge in [0.25, 0.3) is 5.56 Å². The second-order valence-electron chi connectivity index (χ2n) is 11.5. The van der Waals surface area contributed by atoms with Crippen molar-refractivity contribution in [2.45, 2.75) is 58.8 Å². The van der Waals surface area contributed by atoms with Gasteiger partial charge in [-0.1, -0.05) is 48.8 Å². The lowest BCUT2D eigenvalue weighted by Crippen LogP contribution is -2.55. The van der Waals surface area contributed by atoms with Gasteiger partial charge in [-0.25, -0.2) is 4.79 Å². The van der Waals surface area contributed by atoms with Crippen LogP contribution < -0.4 is 15.0 Å². The molecule has 39 heavy (non-hydrogen) atoms. The number of fused-ring (bicyclic) bond motifs is 2. The van der Waals surface area contributed by atoms with Crippen LogP contribution in [0.5, 0.6) is 11.5 Å². The summed E-state index contributed by atoms with van der Waals surface area (Å²) < 4.78 is 14.1. The number of pyridine rings is 1. The van der Waals surface area contributed by atoms with Gasteiger partial charge in [-0.2, -0.15) is 0 Å². The first-order chi connectivity index (χ1) is 18.6. The summed E-state index contributed by atoms with van der Waals surface area (Å²) in [6, 6.07) is 15.1. The van der Waals surface area contributed by atoms with Gasteiger partial charge in [-0.05, 0) is 54.2 Å². The number of ether oxygens (including phenoxy) is 2. The van der Waals surface area contributed by atoms with Gasteiger partial charge in [0.1, 0.15) is 13.2 Å². The van der Waals surface area contributed by atoms with E-state index in [-0.39, 0.29) is 23.1 Å². The van der Waals surface area contributed by atoms with Crippen LogP contribution in [-0.4, -0.2) is 64.0 Å². The van der Waals surface area contributed by atoms with Crippen LogP contribution in [0.25, 0.3) is 10.9 Å². The number of carbonyl (C=O) groups is 1. The first-order valence-corrected chi connectivity index (χ1v) is 14.3. The average Bonchev–Trinajstić information content (AvgIpc) is 2.90. The Morgan fingerprint density at radius 3 is 2.59 bits per heavy atom. The molecule has 208 valence electrons. The zero-order valence-corrected chi connectivity index (χ0v) is 24.3. The summed E-state index contributed by atoms with van der Waals surface area (Å²) in [6.45, 7) is 9.99. The Kier molecular flexibility index (Phi) is 7.91. The Morgan fingerprint density at radius 1 is 1.08 bits per heavy atom. The fraction of sp³-hybridized carbons (Fsp3) is 0.467. The maximum absolute atomic E-state index is 12.8. The summed E-state index contributed by atoms with van der Waals surface area (Å²) in [5, 5.41) is 11.2. The Balaban J connectivity index is 1.33. The number of rotatable bonds is 6. The number of piperidine rings is 1. The van der Waals surface area contributed by atoms with Crippen molar-refractivity contribution >= 4 is 32.9 Å². The van der Waals surface area contributed by atoms with Crippen molar-refractivity contribution in [3.8, 4) is 11.5 Å². The van der Waals surface area contributed by atoms with Crippen LogP contribution in [0.15, 0.2) is 57.8 Å². The molecular formula is C30H36BrN3O5. The van der Waals surface area contributed by atoms with Crippen LogP contribution in [0.2, 0.25) is 0 Å². The lowest BCUT2D eigenvalue weighted by molar-refractivity contribution is 0.0131. The zero-order chi connectivity index (χ0) is 27.7. The fourth-order valence-corrected chi connectivity index (χ4v) is 6.42. The zero-order valence-electron chi connectivity index (χ0n) is 22.7. The molecule has 0 saturated carbocycles. The van der Waals surface area contributed by atoms with Crippen LogP contribution in [-0.2, 0) is 13.1 Å². The van der Waals surface area contributed by atoms with Gasteiger partial charge in [0, 0.05) is 54.2 Å². The van der Waals surface area contributed by atoms with Gasteiger partial charge in [0.2, 0.25) is 0 Å². The van der Waals surface area contributed by atoms with Gasteiger partial charge in [-0.15, -0.1) is 0 Å². The Labute approximate surface area is 237 Å². The van der Waals surface area contributed by atoms with Crippen molar-refractivity contribution in [1.29, 1.82) is 0 Å². The van der Waals surface area contributed by atoms with E-state index in [1.165, 1.54) is 0 Å². The van der Waals surface area contributed by atoms with E-state index >= 15 is 0 Å². The van der Waals surface area contributed by atoms with E-state index in [0.29, 0.717) is 37.8 Å². The van der Waals surface area contributed by atoms with E-state index in [1.807, 2.05) is 47.0 Å². The van der Waals surface area contributed by atoms with Crippen LogP contribution in [0.4, 0.5) is 4.79 Å². The van der Waals surface area contributed by atoms with Crippen molar-refractivity contribution in [2.75, 3.05) is 26.3 Å². The number of nitrogens with zero attached hydrogens (tertiary/aromatic N) is 3. The largest absolute Gasteiger partial charge is 0.486 e. The highest BCUT2D eigenvalue weighted by Crippen LogP contribution is 2.36. The van der Waals surface area contributed by atoms with Crippen LogP contribution in [0, 0.1) is 5.41 Å². The average molecular weight is 599 g/mol. The maximum Gasteiger partial charge on any atom is 0.407 e. The molecule has 9 heteroatoms. The van der Waals surface area contributed by atoms with Crippen LogP contribution >= 0.6 is 15.9 Å². The van der Waals surface area contributed by atoms with Gasteiger partial charge < -0.3 is 24.0 Å². The third-order valence-corrected chi connectivity index (χ3v) is 8.61. The Morgan fingerprint density at radius 2 is 1.85 bits per heavy atom. The molecule has 0 aliphatic carbocycles. The molecule has 2 unspecified atom stereocenters. The van der Waals surface area contributed by atoms with Gasteiger partial charge in [0.05, 0.1) is 5.52 Å². The van der Waals surface area contributed by atoms with E-state index in [2.05, 4.69) is 41.6 Å². The number of carboxylic acid groups (broad SMARTS) is 1. The first-order valence-electron chi connectivity index (χ1n) is 13.5. The second kappa shape index (κ2) is 11.2. The van der Waals surface area contributed by atoms with E-state index in [4.69, 9.17) is 9.47 Å². The van der Waals surface area contributed by atoms with Crippen LogP contribution in [0.1, 0.15) is 39.2 Å². The molecular weight excluding hydrogens is 562 g/mol. The highest BCUT2D eigenvalue weighted by atomic mass is 79.9. The quantitative estimate of drug-likeness (QED) is 0.398. The number of aromatic nitrogens is 1. The van der Waals surface area contributed by atoms with Crippen molar-refractivity contribution in [3.63, 3.8) is 0 Å². The fourth-order valence-electron chi connectivity index (χ4n) is 5.93. The lowest BCUT2D eigenvalue weighted by atomic mass is 9.78. The summed E-state index contributed by atoms with van der Waals surface area (Å²) >= 11 is 3.60. The molecule has 5 rings (SSSR count). The predicted octanol–water partition coefficient (Wildman–Crippen LogP) is 5.59. The molecule has 3 aromatic rings. The molecule has 8 nitrogen and oxygen atoms in total. The summed E-state index contributed by atoms with van der Waals surface area (Å²) in [7, 11) is 0. The number of likely N-dealkylation sites (tertiary alicyclic amines) is 1. The molecule has 0 radical (unpaired) electrons. The third kappa shape index (κ3) is 5.94. The smallest absolute Gasteiger partial charge is 0.407 e. The summed E-state index contributed by atoms with van der Waals surface area (Å²) in [5.74, 6) is 1.37. The maximum atomic E-state index is 12.8. The van der Waals surface area contributed by atoms with E-state index < -0.39 is 6.09 Å². The number of hydrogen-bond acceptors (Lipinski definition) is 5. The minimum Gasteiger partial charge on any atom is -0.486 e. The van der Waals surface area contributed by atoms with E-state index in [0.717, 1.165) is 46.9 Å². The molecule has 3 heterocycles. The second-order valence-corrected chi connectivity index (χ2v) is 12.3. The SMILES string of the molecule is CC(C)(C)C1CC(N(Cc2ccc3c(c2)OCCO3)C(=O)O)CCN1CCn1c(=O)ccc2c(Br)cccc21. The molecule has 2 atom stereocenters. The first kappa shape index (κ1) is 27.5. The molecule has 2 aliphatic rings. The van der Waals surface area contributed by atoms with E-state index in [9.17, 15) is 14.7 Å². The summed E-state index contributed by atoms with van der Waals surface area (Å²) in [4.78, 5) is 29.3. The minimum absolute atomic E-state index is 0.0146. The summed E-state index contributed by atoms with van der Waals surface area (Å²) in [5.41, 5.74) is 1.72. The monoisotopic (exact) mass is 597 g/mol. The molecule has 1 amide bonds. The van der Waals surface area contributed by atoms with Gasteiger partial charge in [0.15, 0.2) is 11.5 Å². The van der Waals surface area contributed by atoms with Crippen molar-refractivity contribution < 1.29 is 19.4 Å². The molecule has 0 bridgehead atoms. The lowest BCUT2D eigenvalue weighted by Gasteiger charge is -2.48. The minimum atomic E-state index is -0.913. The van der Waals surface area contributed by atoms with Crippen LogP contribution in [0.3, 0.4) is 0 Å². The van der Waals surface area contributed by atoms with Crippen molar-refractivity contribution in [3.05, 3.63) is 68.9 Å². The Bertz CT molecular complexity index is 1420. The topological polar surface area (TPSA) is 84.2 Å². The molecule has 1 N–H and O–H groups in total. The van der Waals surface area contributed by atoms with Crippen molar-refractivity contribution in [2.24, 2.45) is 5.41 Å². The predicted molar refractivity (Wildman–Crippen MR) is 155 cm³/mol. The number of hydrogen-bond donors (Lipinski definition) is 1. The number of halogens is 1. The normalized spacial score (nSPS) is 19.7. The third-order valence-electron chi connectivity index (χ3n) is 7.92. The van der Waals surface area contributed by atoms with Gasteiger partial charge in [-0.3, -0.25) is 9.69 Å². The molecule has 2 aliphatic heterocycles. The van der Waals surface area contributed by atoms with Crippen molar-refractivity contribution in [1.82, 2.24) is 14.4 Å². The van der Waals surface area contributed by atoms with Gasteiger partial charge >= 0.3 is 6.09 Å². The molecule has 1 fully saturated rings. The highest BCUT2D eigenvalue weighted by Gasteiger charge is 2.39. The molecule has 0 spiro atoms.